The molecular weight excluding hydrogens is 533 g/mol. The maximum atomic E-state index is 13.4. The van der Waals surface area contributed by atoms with Gasteiger partial charge in [0.05, 0.1) is 17.0 Å². The Morgan fingerprint density at radius 2 is 1.80 bits per heavy atom. The molecule has 3 heterocycles. The summed E-state index contributed by atoms with van der Waals surface area (Å²) in [4.78, 5) is 45.4. The first-order valence-corrected chi connectivity index (χ1v) is 13.5. The van der Waals surface area contributed by atoms with Gasteiger partial charge in [0, 0.05) is 22.9 Å². The van der Waals surface area contributed by atoms with Crippen LogP contribution in [0.25, 0.3) is 0 Å². The molecule has 1 aromatic heterocycles. The van der Waals surface area contributed by atoms with Gasteiger partial charge in [-0.05, 0) is 72.7 Å². The summed E-state index contributed by atoms with van der Waals surface area (Å²) >= 11 is 0. The van der Waals surface area contributed by atoms with Crippen LogP contribution in [0.5, 0.6) is 0 Å². The van der Waals surface area contributed by atoms with E-state index in [9.17, 15) is 27.6 Å². The van der Waals surface area contributed by atoms with E-state index in [1.54, 1.807) is 12.3 Å². The minimum Gasteiger partial charge on any atom is -0.326 e. The second-order valence-electron chi connectivity index (χ2n) is 11.8. The maximum Gasteiger partial charge on any atom is 0.416 e. The average Bonchev–Trinajstić information content (AvgIpc) is 3.43. The zero-order chi connectivity index (χ0) is 29.2. The topological polar surface area (TPSA) is 91.4 Å². The zero-order valence-electron chi connectivity index (χ0n) is 22.6. The standard InChI is InChI=1S/C31H29F3N4O3/c1-29(2)12-11-24(18-5-8-21(9-6-18)31(32,33)34)38(28(29)41)17-25(39)36-22-10-7-19-15-30(16-20(19)14-22)23-4-3-13-35-26(23)37-27(30)40/h3-10,13-14,24H,11-12,15-17H2,1-2H3,(H,36,39)(H,35,37,40)/t24?,30-/m1/s1. The number of halogens is 3. The van der Waals surface area contributed by atoms with Gasteiger partial charge in [0.2, 0.25) is 17.7 Å². The number of likely N-dealkylation sites (tertiary alicyclic amines) is 1. The van der Waals surface area contributed by atoms with Crippen molar-refractivity contribution in [2.75, 3.05) is 17.2 Å². The van der Waals surface area contributed by atoms with E-state index in [4.69, 9.17) is 0 Å². The van der Waals surface area contributed by atoms with Gasteiger partial charge >= 0.3 is 6.18 Å². The summed E-state index contributed by atoms with van der Waals surface area (Å²) in [6, 6.07) is 13.5. The normalized spacial score (nSPS) is 22.9. The third kappa shape index (κ3) is 4.65. The molecule has 3 amide bonds. The van der Waals surface area contributed by atoms with E-state index in [1.807, 2.05) is 38.1 Å². The Bertz CT molecular complexity index is 1570. The van der Waals surface area contributed by atoms with Gasteiger partial charge in [0.25, 0.3) is 0 Å². The van der Waals surface area contributed by atoms with Crippen LogP contribution in [0.1, 0.15) is 60.5 Å². The molecule has 2 aromatic carbocycles. The van der Waals surface area contributed by atoms with Gasteiger partial charge in [0.15, 0.2) is 0 Å². The fourth-order valence-electron chi connectivity index (χ4n) is 6.41. The molecule has 7 nitrogen and oxygen atoms in total. The molecule has 6 rings (SSSR count). The molecule has 2 N–H and O–H groups in total. The van der Waals surface area contributed by atoms with Gasteiger partial charge in [-0.2, -0.15) is 13.2 Å². The van der Waals surface area contributed by atoms with Gasteiger partial charge < -0.3 is 15.5 Å². The number of nitrogens with one attached hydrogen (secondary N) is 2. The van der Waals surface area contributed by atoms with Crippen LogP contribution in [-0.2, 0) is 38.8 Å². The van der Waals surface area contributed by atoms with Gasteiger partial charge in [-0.1, -0.05) is 38.1 Å². The minimum atomic E-state index is -4.46. The van der Waals surface area contributed by atoms with E-state index < -0.39 is 34.5 Å². The van der Waals surface area contributed by atoms with Crippen LogP contribution in [0.3, 0.4) is 0 Å². The molecule has 2 atom stereocenters. The first kappa shape index (κ1) is 27.0. The van der Waals surface area contributed by atoms with Crippen molar-refractivity contribution in [2.45, 2.75) is 57.2 Å². The number of hydrogen-bond acceptors (Lipinski definition) is 4. The highest BCUT2D eigenvalue weighted by Gasteiger charge is 2.51. The summed E-state index contributed by atoms with van der Waals surface area (Å²) in [6.07, 6.45) is -0.728. The number of nitrogens with zero attached hydrogens (tertiary/aromatic N) is 2. The molecule has 0 radical (unpaired) electrons. The molecule has 41 heavy (non-hydrogen) atoms. The van der Waals surface area contributed by atoms with Crippen molar-refractivity contribution in [1.82, 2.24) is 9.88 Å². The lowest BCUT2D eigenvalue weighted by Crippen LogP contribution is -2.50. The van der Waals surface area contributed by atoms with Gasteiger partial charge in [-0.25, -0.2) is 4.98 Å². The Labute approximate surface area is 235 Å². The van der Waals surface area contributed by atoms with E-state index in [2.05, 4.69) is 15.6 Å². The molecule has 3 aromatic rings. The number of aromatic nitrogens is 1. The molecule has 1 saturated heterocycles. The maximum absolute atomic E-state index is 13.4. The number of carbonyl (C=O) groups excluding carboxylic acids is 3. The van der Waals surface area contributed by atoms with Crippen LogP contribution in [0, 0.1) is 5.41 Å². The number of fused-ring (bicyclic) bond motifs is 3. The van der Waals surface area contributed by atoms with E-state index in [0.717, 1.165) is 28.8 Å². The molecular formula is C31H29F3N4O3. The van der Waals surface area contributed by atoms with Crippen molar-refractivity contribution in [3.63, 3.8) is 0 Å². The quantitative estimate of drug-likeness (QED) is 0.445. The second-order valence-corrected chi connectivity index (χ2v) is 11.8. The number of carbonyl (C=O) groups is 3. The van der Waals surface area contributed by atoms with Crippen molar-refractivity contribution in [3.8, 4) is 0 Å². The van der Waals surface area contributed by atoms with Gasteiger partial charge in [-0.3, -0.25) is 14.4 Å². The molecule has 2 aliphatic heterocycles. The summed E-state index contributed by atoms with van der Waals surface area (Å²) in [7, 11) is 0. The summed E-state index contributed by atoms with van der Waals surface area (Å²) < 4.78 is 39.3. The molecule has 212 valence electrons. The van der Waals surface area contributed by atoms with Crippen LogP contribution < -0.4 is 10.6 Å². The Morgan fingerprint density at radius 1 is 1.07 bits per heavy atom. The number of anilines is 2. The minimum absolute atomic E-state index is 0.0893. The summed E-state index contributed by atoms with van der Waals surface area (Å²) in [5, 5.41) is 5.77. The van der Waals surface area contributed by atoms with Crippen LogP contribution >= 0.6 is 0 Å². The van der Waals surface area contributed by atoms with E-state index >= 15 is 0 Å². The number of hydrogen-bond donors (Lipinski definition) is 2. The smallest absolute Gasteiger partial charge is 0.326 e. The lowest BCUT2D eigenvalue weighted by molar-refractivity contribution is -0.150. The first-order valence-electron chi connectivity index (χ1n) is 13.5. The molecule has 1 spiro atoms. The monoisotopic (exact) mass is 562 g/mol. The van der Waals surface area contributed by atoms with Crippen LogP contribution in [0.2, 0.25) is 0 Å². The Balaban J connectivity index is 1.20. The number of rotatable bonds is 4. The lowest BCUT2D eigenvalue weighted by Gasteiger charge is -2.43. The summed E-state index contributed by atoms with van der Waals surface area (Å²) in [6.45, 7) is 3.38. The largest absolute Gasteiger partial charge is 0.416 e. The van der Waals surface area contributed by atoms with Crippen molar-refractivity contribution in [3.05, 3.63) is 88.6 Å². The number of amides is 3. The lowest BCUT2D eigenvalue weighted by atomic mass is 9.78. The zero-order valence-corrected chi connectivity index (χ0v) is 22.6. The van der Waals surface area contributed by atoms with Crippen molar-refractivity contribution in [1.29, 1.82) is 0 Å². The van der Waals surface area contributed by atoms with Crippen LogP contribution in [0.15, 0.2) is 60.8 Å². The SMILES string of the molecule is CC1(C)CCC(c2ccc(C(F)(F)F)cc2)N(CC(=O)Nc2ccc3c(c2)C[C@@]2(C3)C(=O)Nc3ncccc32)C1=O. The van der Waals surface area contributed by atoms with Crippen LogP contribution in [0.4, 0.5) is 24.7 Å². The highest BCUT2D eigenvalue weighted by Crippen LogP contribution is 2.47. The third-order valence-corrected chi connectivity index (χ3v) is 8.66. The van der Waals surface area contributed by atoms with E-state index in [-0.39, 0.29) is 18.4 Å². The molecule has 10 heteroatoms. The Kier molecular flexibility index (Phi) is 6.20. The summed E-state index contributed by atoms with van der Waals surface area (Å²) in [5.74, 6) is -0.142. The number of benzene rings is 2. The fourth-order valence-corrected chi connectivity index (χ4v) is 6.41. The molecule has 1 aliphatic carbocycles. The molecule has 3 aliphatic rings. The fraction of sp³-hybridized carbons (Fsp3) is 0.355. The van der Waals surface area contributed by atoms with Crippen molar-refractivity contribution < 1.29 is 27.6 Å². The number of alkyl halides is 3. The predicted molar refractivity (Wildman–Crippen MR) is 146 cm³/mol. The number of pyridine rings is 1. The van der Waals surface area contributed by atoms with Crippen molar-refractivity contribution in [2.24, 2.45) is 5.41 Å². The Hall–Kier alpha value is -4.21. The molecule has 1 fully saturated rings. The molecule has 1 unspecified atom stereocenters. The predicted octanol–water partition coefficient (Wildman–Crippen LogP) is 5.42. The Morgan fingerprint density at radius 3 is 2.54 bits per heavy atom. The third-order valence-electron chi connectivity index (χ3n) is 8.66. The van der Waals surface area contributed by atoms with Gasteiger partial charge in [0.1, 0.15) is 12.4 Å². The number of piperidine rings is 1. The van der Waals surface area contributed by atoms with E-state index in [1.165, 1.54) is 17.0 Å². The van der Waals surface area contributed by atoms with Crippen LogP contribution in [-0.4, -0.2) is 34.2 Å². The van der Waals surface area contributed by atoms with Gasteiger partial charge in [-0.15, -0.1) is 0 Å². The van der Waals surface area contributed by atoms with E-state index in [0.29, 0.717) is 42.8 Å². The van der Waals surface area contributed by atoms with Crippen molar-refractivity contribution >= 4 is 29.2 Å². The second kappa shape index (κ2) is 9.43. The highest BCUT2D eigenvalue weighted by molar-refractivity contribution is 6.06. The summed E-state index contributed by atoms with van der Waals surface area (Å²) in [5.41, 5.74) is 1.76. The first-order chi connectivity index (χ1) is 19.4. The average molecular weight is 563 g/mol. The molecule has 0 bridgehead atoms. The highest BCUT2D eigenvalue weighted by atomic mass is 19.4. The molecule has 0 saturated carbocycles.